The van der Waals surface area contributed by atoms with Crippen LogP contribution in [0.4, 0.5) is 0 Å². The summed E-state index contributed by atoms with van der Waals surface area (Å²) in [5.74, 6) is 0. The Morgan fingerprint density at radius 3 is 2.62 bits per heavy atom. The number of aromatic amines is 1. The highest BCUT2D eigenvalue weighted by Crippen LogP contribution is 2.31. The minimum Gasteiger partial charge on any atom is -0.356 e. The van der Waals surface area contributed by atoms with Gasteiger partial charge in [-0.2, -0.15) is 0 Å². The van der Waals surface area contributed by atoms with Gasteiger partial charge >= 0.3 is 0 Å². The molecule has 0 aliphatic heterocycles. The number of H-pyrrole nitrogens is 1. The standard InChI is InChI=1S/C16H16N2O2S/c1-2-6-14-16(13-9-10-17-11-15(13)18-14)21(19,20)12-7-4-3-5-8-12/h3-5,7-11,18H,2,6H2,1H3. The summed E-state index contributed by atoms with van der Waals surface area (Å²) < 4.78 is 25.9. The van der Waals surface area contributed by atoms with Gasteiger partial charge in [-0.15, -0.1) is 0 Å². The lowest BCUT2D eigenvalue weighted by Gasteiger charge is -2.06. The van der Waals surface area contributed by atoms with E-state index in [4.69, 9.17) is 0 Å². The number of sulfone groups is 1. The number of aromatic nitrogens is 2. The molecular formula is C16H16N2O2S. The normalized spacial score (nSPS) is 11.9. The van der Waals surface area contributed by atoms with E-state index in [1.807, 2.05) is 13.0 Å². The van der Waals surface area contributed by atoms with Gasteiger partial charge in [-0.05, 0) is 24.6 Å². The molecule has 1 aromatic carbocycles. The van der Waals surface area contributed by atoms with Crippen LogP contribution in [0.3, 0.4) is 0 Å². The molecule has 0 saturated carbocycles. The lowest BCUT2D eigenvalue weighted by atomic mass is 10.2. The second kappa shape index (κ2) is 5.33. The highest BCUT2D eigenvalue weighted by atomic mass is 32.2. The lowest BCUT2D eigenvalue weighted by molar-refractivity contribution is 0.595. The van der Waals surface area contributed by atoms with Crippen LogP contribution in [0.5, 0.6) is 0 Å². The van der Waals surface area contributed by atoms with Gasteiger partial charge in [-0.25, -0.2) is 8.42 Å². The van der Waals surface area contributed by atoms with Crippen LogP contribution < -0.4 is 0 Å². The van der Waals surface area contributed by atoms with Gasteiger partial charge in [0.05, 0.1) is 16.6 Å². The molecule has 21 heavy (non-hydrogen) atoms. The van der Waals surface area contributed by atoms with E-state index in [2.05, 4.69) is 9.97 Å². The maximum atomic E-state index is 13.0. The van der Waals surface area contributed by atoms with E-state index < -0.39 is 9.84 Å². The van der Waals surface area contributed by atoms with E-state index in [1.165, 1.54) is 0 Å². The zero-order valence-electron chi connectivity index (χ0n) is 11.7. The number of pyridine rings is 1. The smallest absolute Gasteiger partial charge is 0.208 e. The molecule has 0 saturated heterocycles. The summed E-state index contributed by atoms with van der Waals surface area (Å²) in [5, 5.41) is 0.706. The molecule has 3 aromatic rings. The number of rotatable bonds is 4. The number of fused-ring (bicyclic) bond motifs is 1. The van der Waals surface area contributed by atoms with E-state index in [1.54, 1.807) is 42.7 Å². The van der Waals surface area contributed by atoms with Gasteiger partial charge in [0.25, 0.3) is 0 Å². The van der Waals surface area contributed by atoms with Gasteiger partial charge in [-0.3, -0.25) is 4.98 Å². The third-order valence-electron chi connectivity index (χ3n) is 3.45. The van der Waals surface area contributed by atoms with Crippen LogP contribution in [-0.2, 0) is 16.3 Å². The summed E-state index contributed by atoms with van der Waals surface area (Å²) >= 11 is 0. The molecule has 4 nitrogen and oxygen atoms in total. The van der Waals surface area contributed by atoms with Crippen molar-refractivity contribution in [3.63, 3.8) is 0 Å². The number of hydrogen-bond donors (Lipinski definition) is 1. The van der Waals surface area contributed by atoms with Gasteiger partial charge in [0.15, 0.2) is 0 Å². The van der Waals surface area contributed by atoms with E-state index in [-0.39, 0.29) is 0 Å². The molecule has 1 N–H and O–H groups in total. The molecule has 2 heterocycles. The number of aryl methyl sites for hydroxylation is 1. The maximum absolute atomic E-state index is 13.0. The van der Waals surface area contributed by atoms with E-state index >= 15 is 0 Å². The number of nitrogens with zero attached hydrogens (tertiary/aromatic N) is 1. The Morgan fingerprint density at radius 2 is 1.90 bits per heavy atom. The largest absolute Gasteiger partial charge is 0.356 e. The van der Waals surface area contributed by atoms with E-state index in [0.29, 0.717) is 21.6 Å². The molecule has 2 aromatic heterocycles. The molecule has 3 rings (SSSR count). The van der Waals surface area contributed by atoms with Crippen LogP contribution in [0.1, 0.15) is 19.0 Å². The summed E-state index contributed by atoms with van der Waals surface area (Å²) in [6.07, 6.45) is 4.85. The Bertz CT molecular complexity index is 868. The van der Waals surface area contributed by atoms with Crippen molar-refractivity contribution in [2.75, 3.05) is 0 Å². The van der Waals surface area contributed by atoms with Gasteiger partial charge in [0.1, 0.15) is 4.90 Å². The van der Waals surface area contributed by atoms with Crippen molar-refractivity contribution in [1.82, 2.24) is 9.97 Å². The molecule has 0 aliphatic carbocycles. The summed E-state index contributed by atoms with van der Waals surface area (Å²) in [6, 6.07) is 10.3. The predicted octanol–water partition coefficient (Wildman–Crippen LogP) is 3.35. The maximum Gasteiger partial charge on any atom is 0.208 e. The van der Waals surface area contributed by atoms with Crippen LogP contribution in [0.2, 0.25) is 0 Å². The fraction of sp³-hybridized carbons (Fsp3) is 0.188. The topological polar surface area (TPSA) is 62.8 Å². The Kier molecular flexibility index (Phi) is 3.51. The number of nitrogens with one attached hydrogen (secondary N) is 1. The second-order valence-electron chi connectivity index (χ2n) is 4.92. The summed E-state index contributed by atoms with van der Waals surface area (Å²) in [5.41, 5.74) is 1.51. The fourth-order valence-corrected chi connectivity index (χ4v) is 4.22. The van der Waals surface area contributed by atoms with Crippen molar-refractivity contribution >= 4 is 20.7 Å². The molecule has 0 amide bonds. The predicted molar refractivity (Wildman–Crippen MR) is 82.0 cm³/mol. The average Bonchev–Trinajstić information content (AvgIpc) is 2.87. The van der Waals surface area contributed by atoms with E-state index in [9.17, 15) is 8.42 Å². The van der Waals surface area contributed by atoms with Crippen molar-refractivity contribution in [1.29, 1.82) is 0 Å². The Balaban J connectivity index is 2.30. The first kappa shape index (κ1) is 13.8. The molecule has 0 radical (unpaired) electrons. The van der Waals surface area contributed by atoms with Crippen LogP contribution in [-0.4, -0.2) is 18.4 Å². The lowest BCUT2D eigenvalue weighted by Crippen LogP contribution is -2.04. The van der Waals surface area contributed by atoms with Crippen molar-refractivity contribution < 1.29 is 8.42 Å². The monoisotopic (exact) mass is 300 g/mol. The van der Waals surface area contributed by atoms with Crippen LogP contribution in [0.25, 0.3) is 10.9 Å². The molecule has 0 atom stereocenters. The van der Waals surface area contributed by atoms with Crippen LogP contribution >= 0.6 is 0 Å². The molecule has 0 unspecified atom stereocenters. The molecule has 0 fully saturated rings. The summed E-state index contributed by atoms with van der Waals surface area (Å²) in [6.45, 7) is 2.03. The summed E-state index contributed by atoms with van der Waals surface area (Å²) in [4.78, 5) is 7.96. The van der Waals surface area contributed by atoms with Crippen LogP contribution in [0.15, 0.2) is 58.6 Å². The third kappa shape index (κ3) is 2.34. The van der Waals surface area contributed by atoms with Crippen molar-refractivity contribution in [2.45, 2.75) is 29.6 Å². The van der Waals surface area contributed by atoms with Gasteiger partial charge in [0.2, 0.25) is 9.84 Å². The highest BCUT2D eigenvalue weighted by Gasteiger charge is 2.25. The minimum absolute atomic E-state index is 0.320. The molecule has 0 bridgehead atoms. The Hall–Kier alpha value is -2.14. The number of benzene rings is 1. The first-order valence-electron chi connectivity index (χ1n) is 6.89. The zero-order chi connectivity index (χ0) is 14.9. The van der Waals surface area contributed by atoms with Crippen molar-refractivity contribution in [3.05, 3.63) is 54.5 Å². The van der Waals surface area contributed by atoms with Gasteiger partial charge < -0.3 is 4.98 Å². The third-order valence-corrected chi connectivity index (χ3v) is 5.34. The first-order valence-corrected chi connectivity index (χ1v) is 8.37. The molecule has 5 heteroatoms. The Labute approximate surface area is 123 Å². The molecule has 0 spiro atoms. The Morgan fingerprint density at radius 1 is 1.14 bits per heavy atom. The molecule has 0 aliphatic rings. The molecule has 108 valence electrons. The average molecular weight is 300 g/mol. The van der Waals surface area contributed by atoms with E-state index in [0.717, 1.165) is 17.6 Å². The molecular weight excluding hydrogens is 284 g/mol. The minimum atomic E-state index is -3.53. The van der Waals surface area contributed by atoms with Crippen molar-refractivity contribution in [2.24, 2.45) is 0 Å². The SMILES string of the molecule is CCCc1[nH]c2cnccc2c1S(=O)(=O)c1ccccc1. The van der Waals surface area contributed by atoms with Gasteiger partial charge in [-0.1, -0.05) is 31.5 Å². The van der Waals surface area contributed by atoms with Crippen LogP contribution in [0, 0.1) is 0 Å². The summed E-state index contributed by atoms with van der Waals surface area (Å²) in [7, 11) is -3.53. The zero-order valence-corrected chi connectivity index (χ0v) is 12.5. The van der Waals surface area contributed by atoms with Crippen molar-refractivity contribution in [3.8, 4) is 0 Å². The number of hydrogen-bond acceptors (Lipinski definition) is 3. The quantitative estimate of drug-likeness (QED) is 0.803. The van der Waals surface area contributed by atoms with Gasteiger partial charge in [0, 0.05) is 17.3 Å². The highest BCUT2D eigenvalue weighted by molar-refractivity contribution is 7.91. The fourth-order valence-electron chi connectivity index (χ4n) is 2.52. The second-order valence-corrected chi connectivity index (χ2v) is 6.81. The first-order chi connectivity index (χ1) is 10.1.